The standard InChI is InChI=1S/C9H16N2O2/c1-7-8(2)11-4-3-10(7)5-9(11)13-6-12/h6-9H,3-5H2,1-2H3. The average Bonchev–Trinajstić information content (AvgIpc) is 2.14. The molecule has 0 aromatic carbocycles. The van der Waals surface area contributed by atoms with Gasteiger partial charge in [0.1, 0.15) is 0 Å². The molecule has 13 heavy (non-hydrogen) atoms. The Bertz CT molecular complexity index is 208. The first kappa shape index (κ1) is 8.97. The molecule has 3 aliphatic heterocycles. The van der Waals surface area contributed by atoms with Crippen LogP contribution in [0.15, 0.2) is 0 Å². The van der Waals surface area contributed by atoms with Crippen LogP contribution in [-0.4, -0.2) is 54.2 Å². The van der Waals surface area contributed by atoms with Crippen LogP contribution < -0.4 is 0 Å². The molecule has 0 N–H and O–H groups in total. The lowest BCUT2D eigenvalue weighted by Crippen LogP contribution is -2.69. The summed E-state index contributed by atoms with van der Waals surface area (Å²) in [7, 11) is 0. The first-order valence-electron chi connectivity index (χ1n) is 4.83. The van der Waals surface area contributed by atoms with E-state index in [4.69, 9.17) is 4.74 Å². The van der Waals surface area contributed by atoms with Crippen molar-refractivity contribution >= 4 is 6.47 Å². The minimum absolute atomic E-state index is 0.0163. The van der Waals surface area contributed by atoms with Gasteiger partial charge in [0, 0.05) is 31.7 Å². The lowest BCUT2D eigenvalue weighted by atomic mass is 10.00. The highest BCUT2D eigenvalue weighted by atomic mass is 16.5. The van der Waals surface area contributed by atoms with Crippen molar-refractivity contribution in [1.29, 1.82) is 0 Å². The summed E-state index contributed by atoms with van der Waals surface area (Å²) in [6.07, 6.45) is -0.0163. The van der Waals surface area contributed by atoms with Gasteiger partial charge >= 0.3 is 0 Å². The third-order valence-corrected chi connectivity index (χ3v) is 3.42. The summed E-state index contributed by atoms with van der Waals surface area (Å²) in [6, 6.07) is 1.08. The fraction of sp³-hybridized carbons (Fsp3) is 0.889. The predicted octanol–water partition coefficient (Wildman–Crippen LogP) is -0.106. The Morgan fingerprint density at radius 2 is 2.08 bits per heavy atom. The van der Waals surface area contributed by atoms with Gasteiger partial charge in [-0.1, -0.05) is 0 Å². The van der Waals surface area contributed by atoms with Crippen molar-refractivity contribution in [3.63, 3.8) is 0 Å². The molecule has 3 aliphatic rings. The first-order chi connectivity index (χ1) is 6.24. The molecular formula is C9H16N2O2. The lowest BCUT2D eigenvalue weighted by Gasteiger charge is -2.53. The molecule has 4 nitrogen and oxygen atoms in total. The molecule has 0 aromatic heterocycles. The SMILES string of the molecule is CC1C(C)N2CCN1CC2OC=O. The number of nitrogens with zero attached hydrogens (tertiary/aromatic N) is 2. The molecule has 2 bridgehead atoms. The summed E-state index contributed by atoms with van der Waals surface area (Å²) < 4.78 is 5.04. The van der Waals surface area contributed by atoms with E-state index in [0.717, 1.165) is 19.6 Å². The quantitative estimate of drug-likeness (QED) is 0.561. The van der Waals surface area contributed by atoms with Crippen LogP contribution in [0.25, 0.3) is 0 Å². The third-order valence-electron chi connectivity index (χ3n) is 3.42. The van der Waals surface area contributed by atoms with E-state index in [1.54, 1.807) is 0 Å². The molecule has 3 rings (SSSR count). The Labute approximate surface area is 78.4 Å². The van der Waals surface area contributed by atoms with Gasteiger partial charge in [0.15, 0.2) is 6.23 Å². The number of fused-ring (bicyclic) bond motifs is 3. The van der Waals surface area contributed by atoms with Crippen LogP contribution in [0.4, 0.5) is 0 Å². The second-order valence-corrected chi connectivity index (χ2v) is 3.90. The number of hydrogen-bond acceptors (Lipinski definition) is 4. The van der Waals surface area contributed by atoms with Gasteiger partial charge in [0.2, 0.25) is 0 Å². The van der Waals surface area contributed by atoms with Gasteiger partial charge in [0.05, 0.1) is 0 Å². The fourth-order valence-corrected chi connectivity index (χ4v) is 2.39. The summed E-state index contributed by atoms with van der Waals surface area (Å²) in [5.74, 6) is 0. The number of ether oxygens (including phenoxy) is 1. The van der Waals surface area contributed by atoms with Crippen molar-refractivity contribution in [2.75, 3.05) is 19.6 Å². The van der Waals surface area contributed by atoms with E-state index in [-0.39, 0.29) is 6.23 Å². The summed E-state index contributed by atoms with van der Waals surface area (Å²) in [5, 5.41) is 0. The van der Waals surface area contributed by atoms with Gasteiger partial charge in [-0.25, -0.2) is 0 Å². The predicted molar refractivity (Wildman–Crippen MR) is 48.1 cm³/mol. The molecule has 4 heteroatoms. The first-order valence-corrected chi connectivity index (χ1v) is 4.83. The number of piperazine rings is 3. The molecule has 0 aliphatic carbocycles. The number of rotatable bonds is 2. The van der Waals surface area contributed by atoms with E-state index in [1.807, 2.05) is 0 Å². The molecule has 0 radical (unpaired) electrons. The summed E-state index contributed by atoms with van der Waals surface area (Å²) in [6.45, 7) is 7.97. The molecule has 0 saturated carbocycles. The van der Waals surface area contributed by atoms with Crippen molar-refractivity contribution in [2.45, 2.75) is 32.2 Å². The van der Waals surface area contributed by atoms with Gasteiger partial charge in [-0.05, 0) is 13.8 Å². The zero-order valence-corrected chi connectivity index (χ0v) is 8.14. The molecule has 5 unspecified atom stereocenters. The van der Waals surface area contributed by atoms with Gasteiger partial charge in [-0.2, -0.15) is 0 Å². The molecule has 74 valence electrons. The van der Waals surface area contributed by atoms with Crippen LogP contribution in [-0.2, 0) is 9.53 Å². The van der Waals surface area contributed by atoms with Crippen molar-refractivity contribution < 1.29 is 9.53 Å². The number of carbonyl (C=O) groups is 1. The monoisotopic (exact) mass is 184 g/mol. The highest BCUT2D eigenvalue weighted by Crippen LogP contribution is 2.26. The van der Waals surface area contributed by atoms with E-state index >= 15 is 0 Å². The van der Waals surface area contributed by atoms with Gasteiger partial charge < -0.3 is 4.74 Å². The zero-order valence-electron chi connectivity index (χ0n) is 8.14. The Balaban J connectivity index is 2.09. The van der Waals surface area contributed by atoms with E-state index in [1.165, 1.54) is 0 Å². The van der Waals surface area contributed by atoms with Crippen LogP contribution in [0.3, 0.4) is 0 Å². The molecular weight excluding hydrogens is 168 g/mol. The Hall–Kier alpha value is -0.610. The van der Waals surface area contributed by atoms with Crippen LogP contribution in [0, 0.1) is 0 Å². The second kappa shape index (κ2) is 3.27. The molecule has 0 aromatic rings. The minimum Gasteiger partial charge on any atom is -0.447 e. The fourth-order valence-electron chi connectivity index (χ4n) is 2.39. The Morgan fingerprint density at radius 3 is 2.69 bits per heavy atom. The van der Waals surface area contributed by atoms with Crippen molar-refractivity contribution in [3.8, 4) is 0 Å². The maximum absolute atomic E-state index is 10.3. The van der Waals surface area contributed by atoms with Crippen molar-refractivity contribution in [2.24, 2.45) is 0 Å². The maximum Gasteiger partial charge on any atom is 0.294 e. The molecule has 0 spiro atoms. The van der Waals surface area contributed by atoms with Crippen LogP contribution in [0.1, 0.15) is 13.8 Å². The van der Waals surface area contributed by atoms with E-state index in [2.05, 4.69) is 23.6 Å². The number of hydrogen-bond donors (Lipinski definition) is 0. The summed E-state index contributed by atoms with van der Waals surface area (Å²) in [5.41, 5.74) is 0. The summed E-state index contributed by atoms with van der Waals surface area (Å²) >= 11 is 0. The Kier molecular flexibility index (Phi) is 2.26. The van der Waals surface area contributed by atoms with Gasteiger partial charge in [-0.15, -0.1) is 0 Å². The molecule has 3 fully saturated rings. The van der Waals surface area contributed by atoms with Gasteiger partial charge in [-0.3, -0.25) is 14.6 Å². The topological polar surface area (TPSA) is 32.8 Å². The third kappa shape index (κ3) is 1.34. The van der Waals surface area contributed by atoms with Crippen molar-refractivity contribution in [1.82, 2.24) is 9.80 Å². The van der Waals surface area contributed by atoms with E-state index < -0.39 is 0 Å². The molecule has 3 heterocycles. The summed E-state index contributed by atoms with van der Waals surface area (Å²) in [4.78, 5) is 14.9. The van der Waals surface area contributed by atoms with Crippen LogP contribution in [0.2, 0.25) is 0 Å². The second-order valence-electron chi connectivity index (χ2n) is 3.90. The largest absolute Gasteiger partial charge is 0.447 e. The van der Waals surface area contributed by atoms with Crippen LogP contribution in [0.5, 0.6) is 0 Å². The normalized spacial score (nSPS) is 48.9. The van der Waals surface area contributed by atoms with Crippen molar-refractivity contribution in [3.05, 3.63) is 0 Å². The van der Waals surface area contributed by atoms with Crippen LogP contribution >= 0.6 is 0 Å². The highest BCUT2D eigenvalue weighted by molar-refractivity contribution is 5.37. The average molecular weight is 184 g/mol. The Morgan fingerprint density at radius 1 is 1.31 bits per heavy atom. The smallest absolute Gasteiger partial charge is 0.294 e. The minimum atomic E-state index is -0.0163. The van der Waals surface area contributed by atoms with Gasteiger partial charge in [0.25, 0.3) is 6.47 Å². The molecule has 0 amide bonds. The maximum atomic E-state index is 10.3. The lowest BCUT2D eigenvalue weighted by molar-refractivity contribution is -0.176. The van der Waals surface area contributed by atoms with E-state index in [9.17, 15) is 4.79 Å². The van der Waals surface area contributed by atoms with E-state index in [0.29, 0.717) is 18.6 Å². The highest BCUT2D eigenvalue weighted by Gasteiger charge is 2.42. The zero-order chi connectivity index (χ0) is 9.42. The molecule has 3 saturated heterocycles. The molecule has 5 atom stereocenters. The number of carbonyl (C=O) groups excluding carboxylic acids is 1.